The van der Waals surface area contributed by atoms with Gasteiger partial charge in [-0.2, -0.15) is 0 Å². The predicted molar refractivity (Wildman–Crippen MR) is 112 cm³/mol. The van der Waals surface area contributed by atoms with Gasteiger partial charge in [0.05, 0.1) is 4.88 Å². The monoisotopic (exact) mass is 379 g/mol. The minimum absolute atomic E-state index is 0.0908. The normalized spacial score (nSPS) is 13.1. The second-order valence-electron chi connectivity index (χ2n) is 6.84. The molecule has 0 aliphatic rings. The van der Waals surface area contributed by atoms with Gasteiger partial charge in [0.15, 0.2) is 6.54 Å². The van der Waals surface area contributed by atoms with E-state index in [2.05, 4.69) is 83.6 Å². The molecule has 0 aliphatic heterocycles. The fraction of sp³-hybridized carbons (Fsp3) is 0.261. The van der Waals surface area contributed by atoms with Crippen LogP contribution in [0, 0.1) is 0 Å². The van der Waals surface area contributed by atoms with Crippen LogP contribution in [0.15, 0.2) is 78.2 Å². The van der Waals surface area contributed by atoms with Gasteiger partial charge in [0.2, 0.25) is 0 Å². The number of benzene rings is 2. The second kappa shape index (κ2) is 10.0. The number of quaternary nitrogens is 1. The number of amides is 1. The van der Waals surface area contributed by atoms with Crippen LogP contribution >= 0.6 is 11.3 Å². The Kier molecular flexibility index (Phi) is 7.19. The highest BCUT2D eigenvalue weighted by Crippen LogP contribution is 2.22. The Morgan fingerprint density at radius 1 is 1.00 bits per heavy atom. The fourth-order valence-corrected chi connectivity index (χ4v) is 4.05. The van der Waals surface area contributed by atoms with Gasteiger partial charge in [-0.3, -0.25) is 4.79 Å². The topological polar surface area (TPSA) is 45.7 Å². The number of rotatable bonds is 9. The van der Waals surface area contributed by atoms with Gasteiger partial charge in [-0.05, 0) is 36.8 Å². The second-order valence-corrected chi connectivity index (χ2v) is 7.82. The van der Waals surface area contributed by atoms with Crippen LogP contribution in [0.2, 0.25) is 0 Å². The smallest absolute Gasteiger partial charge is 0.275 e. The third kappa shape index (κ3) is 6.05. The van der Waals surface area contributed by atoms with Crippen LogP contribution in [0.4, 0.5) is 0 Å². The van der Waals surface area contributed by atoms with Gasteiger partial charge in [-0.1, -0.05) is 66.7 Å². The van der Waals surface area contributed by atoms with Crippen molar-refractivity contribution < 1.29 is 10.1 Å². The van der Waals surface area contributed by atoms with Crippen LogP contribution in [0.1, 0.15) is 35.4 Å². The molecule has 0 spiro atoms. The average molecular weight is 380 g/mol. The number of hydrogen-bond acceptors (Lipinski definition) is 2. The summed E-state index contributed by atoms with van der Waals surface area (Å²) in [7, 11) is 0. The zero-order valence-electron chi connectivity index (χ0n) is 15.7. The minimum atomic E-state index is 0.0908. The van der Waals surface area contributed by atoms with E-state index in [-0.39, 0.29) is 18.0 Å². The van der Waals surface area contributed by atoms with E-state index in [9.17, 15) is 4.79 Å². The standard InChI is InChI=1S/C23H26N2OS/c1-18(14-15-19-9-4-2-5-10-19)25-22(26)17-24-23(21-13-8-16-27-21)20-11-6-3-7-12-20/h2-13,16,18,23-24H,14-15,17H2,1H3,(H,25,26)/p+1/t18-,23-/m0/s1. The van der Waals surface area contributed by atoms with Gasteiger partial charge in [0.25, 0.3) is 5.91 Å². The lowest BCUT2D eigenvalue weighted by Crippen LogP contribution is -2.87. The number of carbonyl (C=O) groups excluding carboxylic acids is 1. The van der Waals surface area contributed by atoms with Gasteiger partial charge in [0.1, 0.15) is 6.04 Å². The largest absolute Gasteiger partial charge is 0.349 e. The molecule has 1 amide bonds. The van der Waals surface area contributed by atoms with Crippen molar-refractivity contribution in [1.29, 1.82) is 0 Å². The van der Waals surface area contributed by atoms with E-state index < -0.39 is 0 Å². The van der Waals surface area contributed by atoms with Gasteiger partial charge in [-0.25, -0.2) is 0 Å². The summed E-state index contributed by atoms with van der Waals surface area (Å²) in [6.45, 7) is 2.50. The highest BCUT2D eigenvalue weighted by Gasteiger charge is 2.20. The predicted octanol–water partition coefficient (Wildman–Crippen LogP) is 3.54. The Bertz CT molecular complexity index is 803. The molecule has 0 saturated carbocycles. The number of aryl methyl sites for hydroxylation is 1. The van der Waals surface area contributed by atoms with Gasteiger partial charge < -0.3 is 10.6 Å². The molecule has 0 bridgehead atoms. The highest BCUT2D eigenvalue weighted by atomic mass is 32.1. The number of nitrogens with two attached hydrogens (primary N) is 1. The lowest BCUT2D eigenvalue weighted by molar-refractivity contribution is -0.676. The molecule has 1 aromatic heterocycles. The SMILES string of the molecule is C[C@@H](CCc1ccccc1)NC(=O)C[NH2+][C@@H](c1ccccc1)c1cccs1. The van der Waals surface area contributed by atoms with E-state index in [0.717, 1.165) is 12.8 Å². The zero-order valence-corrected chi connectivity index (χ0v) is 16.5. The molecular weight excluding hydrogens is 352 g/mol. The van der Waals surface area contributed by atoms with Crippen LogP contribution in [-0.4, -0.2) is 18.5 Å². The number of carbonyl (C=O) groups is 1. The highest BCUT2D eigenvalue weighted by molar-refractivity contribution is 7.10. The average Bonchev–Trinajstić information content (AvgIpc) is 3.23. The Hall–Kier alpha value is -2.43. The molecule has 0 fully saturated rings. The van der Waals surface area contributed by atoms with Crippen molar-refractivity contribution in [1.82, 2.24) is 5.32 Å². The van der Waals surface area contributed by atoms with E-state index in [1.165, 1.54) is 16.0 Å². The van der Waals surface area contributed by atoms with E-state index in [0.29, 0.717) is 6.54 Å². The maximum atomic E-state index is 12.4. The van der Waals surface area contributed by atoms with Gasteiger partial charge >= 0.3 is 0 Å². The number of nitrogens with one attached hydrogen (secondary N) is 1. The van der Waals surface area contributed by atoms with Crippen molar-refractivity contribution in [3.63, 3.8) is 0 Å². The Balaban J connectivity index is 1.50. The third-order valence-corrected chi connectivity index (χ3v) is 5.62. The Labute approximate surface area is 165 Å². The molecule has 2 aromatic carbocycles. The van der Waals surface area contributed by atoms with Crippen molar-refractivity contribution >= 4 is 17.2 Å². The molecule has 0 radical (unpaired) electrons. The summed E-state index contributed by atoms with van der Waals surface area (Å²) in [5, 5.41) is 7.35. The first kappa shape index (κ1) is 19.3. The molecule has 1 heterocycles. The molecule has 3 N–H and O–H groups in total. The molecule has 140 valence electrons. The van der Waals surface area contributed by atoms with Crippen molar-refractivity contribution in [2.45, 2.75) is 31.8 Å². The summed E-state index contributed by atoms with van der Waals surface area (Å²) in [5.74, 6) is 0.0908. The lowest BCUT2D eigenvalue weighted by atomic mass is 10.1. The number of hydrogen-bond donors (Lipinski definition) is 2. The maximum Gasteiger partial charge on any atom is 0.275 e. The van der Waals surface area contributed by atoms with E-state index >= 15 is 0 Å². The molecule has 27 heavy (non-hydrogen) atoms. The van der Waals surface area contributed by atoms with Crippen LogP contribution in [0.3, 0.4) is 0 Å². The van der Waals surface area contributed by atoms with Crippen molar-refractivity contribution in [3.8, 4) is 0 Å². The summed E-state index contributed by atoms with van der Waals surface area (Å²) in [6.07, 6.45) is 1.93. The van der Waals surface area contributed by atoms with E-state index in [4.69, 9.17) is 0 Å². The maximum absolute atomic E-state index is 12.4. The first-order chi connectivity index (χ1) is 13.2. The fourth-order valence-electron chi connectivity index (χ4n) is 3.20. The van der Waals surface area contributed by atoms with Gasteiger partial charge in [-0.15, -0.1) is 11.3 Å². The zero-order chi connectivity index (χ0) is 18.9. The first-order valence-corrected chi connectivity index (χ1v) is 10.4. The Morgan fingerprint density at radius 3 is 2.37 bits per heavy atom. The van der Waals surface area contributed by atoms with Gasteiger partial charge in [0, 0.05) is 11.6 Å². The van der Waals surface area contributed by atoms with Crippen LogP contribution < -0.4 is 10.6 Å². The van der Waals surface area contributed by atoms with Crippen LogP contribution in [0.25, 0.3) is 0 Å². The lowest BCUT2D eigenvalue weighted by Gasteiger charge is -2.17. The van der Waals surface area contributed by atoms with Crippen LogP contribution in [-0.2, 0) is 11.2 Å². The third-order valence-electron chi connectivity index (χ3n) is 4.66. The number of thiophene rings is 1. The molecule has 2 atom stereocenters. The van der Waals surface area contributed by atoms with Crippen molar-refractivity contribution in [2.75, 3.05) is 6.54 Å². The summed E-state index contributed by atoms with van der Waals surface area (Å²) in [4.78, 5) is 13.7. The first-order valence-electron chi connectivity index (χ1n) is 9.47. The minimum Gasteiger partial charge on any atom is -0.349 e. The summed E-state index contributed by atoms with van der Waals surface area (Å²) in [6, 6.07) is 25.3. The Morgan fingerprint density at radius 2 is 1.70 bits per heavy atom. The molecule has 3 nitrogen and oxygen atoms in total. The quantitative estimate of drug-likeness (QED) is 0.587. The summed E-state index contributed by atoms with van der Waals surface area (Å²) >= 11 is 1.73. The van der Waals surface area contributed by atoms with E-state index in [1.54, 1.807) is 11.3 Å². The molecular formula is C23H27N2OS+. The van der Waals surface area contributed by atoms with E-state index in [1.807, 2.05) is 12.1 Å². The summed E-state index contributed by atoms with van der Waals surface area (Å²) in [5.41, 5.74) is 2.54. The molecule has 0 unspecified atom stereocenters. The molecule has 4 heteroatoms. The van der Waals surface area contributed by atoms with Crippen molar-refractivity contribution in [2.24, 2.45) is 0 Å². The van der Waals surface area contributed by atoms with Crippen LogP contribution in [0.5, 0.6) is 0 Å². The summed E-state index contributed by atoms with van der Waals surface area (Å²) < 4.78 is 0. The molecule has 0 saturated heterocycles. The molecule has 0 aliphatic carbocycles. The molecule has 3 rings (SSSR count). The van der Waals surface area contributed by atoms with Crippen molar-refractivity contribution in [3.05, 3.63) is 94.2 Å². The molecule has 3 aromatic rings.